The van der Waals surface area contributed by atoms with Crippen LogP contribution < -0.4 is 26.2 Å². The van der Waals surface area contributed by atoms with E-state index in [0.29, 0.717) is 34.6 Å². The molecular weight excluding hydrogens is 605 g/mol. The molecule has 5 aromatic rings. The quantitative estimate of drug-likeness (QED) is 0.0569. The molecule has 4 N–H and O–H groups in total. The largest absolute Gasteiger partial charge is 0.488 e. The molecule has 2 heterocycles. The maximum absolute atomic E-state index is 13.9. The van der Waals surface area contributed by atoms with Gasteiger partial charge in [-0.3, -0.25) is 4.79 Å². The van der Waals surface area contributed by atoms with Crippen LogP contribution in [0.25, 0.3) is 11.0 Å². The van der Waals surface area contributed by atoms with Gasteiger partial charge in [0.2, 0.25) is 0 Å². The molecule has 3 aromatic carbocycles. The normalized spacial score (nSPS) is 13.1. The number of furan rings is 1. The maximum atomic E-state index is 13.9. The van der Waals surface area contributed by atoms with Crippen LogP contribution >= 0.6 is 11.3 Å². The molecule has 1 amide bonds. The third-order valence-corrected chi connectivity index (χ3v) is 13.7. The number of aromatic nitrogens is 1. The Morgan fingerprint density at radius 1 is 1.07 bits per heavy atom. The number of carbonyl (C=O) groups excluding carboxylic acids is 1. The Morgan fingerprint density at radius 2 is 1.71 bits per heavy atom. The van der Waals surface area contributed by atoms with Crippen LogP contribution in [0, 0.1) is 13.8 Å². The van der Waals surface area contributed by atoms with E-state index in [4.69, 9.17) is 19.3 Å². The Morgan fingerprint density at radius 3 is 2.27 bits per heavy atom. The Hall–Kier alpha value is -4.45. The first-order chi connectivity index (χ1) is 21.5. The predicted octanol–water partition coefficient (Wildman–Crippen LogP) is 5.51. The Kier molecular flexibility index (Phi) is 9.42. The number of rotatable bonds is 11. The molecule has 0 fully saturated rings. The third-order valence-electron chi connectivity index (χ3n) is 7.77. The number of thiazole rings is 1. The monoisotopic (exact) mass is 642 g/mol. The molecule has 234 valence electrons. The van der Waals surface area contributed by atoms with Crippen LogP contribution in [-0.2, 0) is 11.0 Å². The van der Waals surface area contributed by atoms with Crippen molar-refractivity contribution in [1.29, 1.82) is 0 Å². The highest BCUT2D eigenvalue weighted by Crippen LogP contribution is 2.37. The van der Waals surface area contributed by atoms with Gasteiger partial charge in [0.25, 0.3) is 14.2 Å². The number of hydrogen-bond acceptors (Lipinski definition) is 8. The van der Waals surface area contributed by atoms with Crippen molar-refractivity contribution in [2.75, 3.05) is 6.61 Å². The first-order valence-corrected chi connectivity index (χ1v) is 17.4. The van der Waals surface area contributed by atoms with Crippen molar-refractivity contribution < 1.29 is 23.6 Å². The van der Waals surface area contributed by atoms with Gasteiger partial charge in [-0.1, -0.05) is 86.6 Å². The van der Waals surface area contributed by atoms with E-state index >= 15 is 0 Å². The van der Waals surface area contributed by atoms with E-state index in [-0.39, 0.29) is 17.5 Å². The van der Waals surface area contributed by atoms with Crippen molar-refractivity contribution in [3.8, 4) is 5.75 Å². The summed E-state index contributed by atoms with van der Waals surface area (Å²) in [6.07, 6.45) is 1.79. The minimum Gasteiger partial charge on any atom is -0.488 e. The van der Waals surface area contributed by atoms with Crippen LogP contribution in [-0.4, -0.2) is 42.9 Å². The zero-order chi connectivity index (χ0) is 32.2. The lowest BCUT2D eigenvalue weighted by Gasteiger charge is -2.43. The van der Waals surface area contributed by atoms with Crippen molar-refractivity contribution in [3.63, 3.8) is 0 Å². The van der Waals surface area contributed by atoms with Gasteiger partial charge in [-0.25, -0.2) is 4.98 Å². The van der Waals surface area contributed by atoms with Gasteiger partial charge in [0.05, 0.1) is 22.1 Å². The standard InChI is InChI=1S/C34H38N4O5SSi/c1-22-31(28-18-24(16-17-30(28)43-22)41-20-25-19-36-23(2)44-25)33(39)37-29(32(35)38-40)21-42-45(34(3,4)5,26-12-8-6-9-13-26)27-14-10-7-11-15-27/h6-19,29,40H,20-21H2,1-5H3,(H2,35,38)(H,37,39)/t29-/m0/s1. The number of nitrogens with zero attached hydrogens (tertiary/aromatic N) is 2. The number of amidine groups is 1. The number of nitrogens with one attached hydrogen (secondary N) is 1. The summed E-state index contributed by atoms with van der Waals surface area (Å²) in [5, 5.41) is 19.3. The van der Waals surface area contributed by atoms with E-state index in [1.807, 2.05) is 43.3 Å². The topological polar surface area (TPSA) is 132 Å². The van der Waals surface area contributed by atoms with E-state index in [2.05, 4.69) is 60.5 Å². The van der Waals surface area contributed by atoms with Gasteiger partial charge in [0, 0.05) is 11.6 Å². The third kappa shape index (κ3) is 6.65. The number of oxime groups is 1. The van der Waals surface area contributed by atoms with Gasteiger partial charge in [-0.15, -0.1) is 11.3 Å². The van der Waals surface area contributed by atoms with Crippen LogP contribution in [0.4, 0.5) is 0 Å². The molecule has 0 saturated carbocycles. The molecule has 0 aliphatic carbocycles. The highest BCUT2D eigenvalue weighted by atomic mass is 32.1. The zero-order valence-corrected chi connectivity index (χ0v) is 27.9. The number of fused-ring (bicyclic) bond motifs is 1. The number of benzene rings is 3. The van der Waals surface area contributed by atoms with E-state index < -0.39 is 20.3 Å². The van der Waals surface area contributed by atoms with Crippen molar-refractivity contribution in [2.24, 2.45) is 10.9 Å². The molecule has 2 aromatic heterocycles. The van der Waals surface area contributed by atoms with Crippen LogP contribution in [0.1, 0.15) is 46.8 Å². The molecule has 5 rings (SSSR count). The first kappa shape index (κ1) is 32.0. The fourth-order valence-electron chi connectivity index (χ4n) is 5.67. The summed E-state index contributed by atoms with van der Waals surface area (Å²) in [6, 6.07) is 24.7. The van der Waals surface area contributed by atoms with Crippen molar-refractivity contribution in [1.82, 2.24) is 10.3 Å². The molecule has 1 atom stereocenters. The smallest absolute Gasteiger partial charge is 0.261 e. The zero-order valence-electron chi connectivity index (χ0n) is 26.0. The minimum absolute atomic E-state index is 0.0215. The predicted molar refractivity (Wildman–Crippen MR) is 180 cm³/mol. The van der Waals surface area contributed by atoms with Crippen LogP contribution in [0.2, 0.25) is 5.04 Å². The molecule has 45 heavy (non-hydrogen) atoms. The molecule has 0 aliphatic heterocycles. The Bertz CT molecular complexity index is 1760. The Labute approximate surface area is 267 Å². The van der Waals surface area contributed by atoms with Crippen molar-refractivity contribution in [3.05, 3.63) is 106 Å². The van der Waals surface area contributed by atoms with Gasteiger partial charge in [-0.05, 0) is 47.5 Å². The summed E-state index contributed by atoms with van der Waals surface area (Å²) >= 11 is 1.57. The average Bonchev–Trinajstić information content (AvgIpc) is 3.60. The Balaban J connectivity index is 1.44. The number of aryl methyl sites for hydroxylation is 2. The highest BCUT2D eigenvalue weighted by molar-refractivity contribution is 7.11. The fourth-order valence-corrected chi connectivity index (χ4v) is 10.9. The lowest BCUT2D eigenvalue weighted by Crippen LogP contribution is -2.67. The van der Waals surface area contributed by atoms with E-state index in [0.717, 1.165) is 20.3 Å². The van der Waals surface area contributed by atoms with Gasteiger partial charge in [0.15, 0.2) is 5.84 Å². The average molecular weight is 643 g/mol. The molecule has 0 saturated heterocycles. The second-order valence-electron chi connectivity index (χ2n) is 11.9. The van der Waals surface area contributed by atoms with Gasteiger partial charge in [-0.2, -0.15) is 0 Å². The van der Waals surface area contributed by atoms with Gasteiger partial charge >= 0.3 is 0 Å². The highest BCUT2D eigenvalue weighted by Gasteiger charge is 2.50. The fraction of sp³-hybridized carbons (Fsp3) is 0.265. The molecule has 0 radical (unpaired) electrons. The summed E-state index contributed by atoms with van der Waals surface area (Å²) in [6.45, 7) is 10.5. The number of hydrogen-bond donors (Lipinski definition) is 3. The molecule has 0 aliphatic rings. The van der Waals surface area contributed by atoms with Crippen LogP contribution in [0.15, 0.2) is 94.6 Å². The molecular formula is C34H38N4O5SSi. The van der Waals surface area contributed by atoms with E-state index in [1.54, 1.807) is 42.7 Å². The lowest BCUT2D eigenvalue weighted by atomic mass is 10.1. The van der Waals surface area contributed by atoms with Gasteiger partial charge < -0.3 is 29.8 Å². The van der Waals surface area contributed by atoms with Crippen LogP contribution in [0.3, 0.4) is 0 Å². The summed E-state index contributed by atoms with van der Waals surface area (Å²) in [4.78, 5) is 19.1. The summed E-state index contributed by atoms with van der Waals surface area (Å²) in [5.41, 5.74) is 7.06. The van der Waals surface area contributed by atoms with Crippen molar-refractivity contribution in [2.45, 2.75) is 52.3 Å². The van der Waals surface area contributed by atoms with E-state index in [1.165, 1.54) is 0 Å². The lowest BCUT2D eigenvalue weighted by molar-refractivity contribution is 0.0934. The number of carbonyl (C=O) groups is 1. The second-order valence-corrected chi connectivity index (χ2v) is 17.5. The van der Waals surface area contributed by atoms with E-state index in [9.17, 15) is 10.0 Å². The number of ether oxygens (including phenoxy) is 1. The number of nitrogens with two attached hydrogens (primary N) is 1. The van der Waals surface area contributed by atoms with Crippen molar-refractivity contribution >= 4 is 52.7 Å². The molecule has 0 bridgehead atoms. The summed E-state index contributed by atoms with van der Waals surface area (Å²) in [7, 11) is -2.97. The summed E-state index contributed by atoms with van der Waals surface area (Å²) in [5.74, 6) is 0.412. The molecule has 0 spiro atoms. The molecule has 9 nitrogen and oxygen atoms in total. The SMILES string of the molecule is Cc1ncc(COc2ccc3oc(C)c(C(=O)N[C@@H](CO[Si](c4ccccc4)(c4ccccc4)C(C)(C)C)/C(N)=N/O)c3c2)s1. The molecule has 0 unspecified atom stereocenters. The van der Waals surface area contributed by atoms with Gasteiger partial charge in [0.1, 0.15) is 29.7 Å². The van der Waals surface area contributed by atoms with Crippen LogP contribution in [0.5, 0.6) is 5.75 Å². The minimum atomic E-state index is -2.97. The molecule has 11 heteroatoms. The number of amides is 1. The first-order valence-electron chi connectivity index (χ1n) is 14.6. The maximum Gasteiger partial charge on any atom is 0.261 e. The second kappa shape index (κ2) is 13.3. The summed E-state index contributed by atoms with van der Waals surface area (Å²) < 4.78 is 18.9.